The molecule has 0 aliphatic heterocycles. The highest BCUT2D eigenvalue weighted by atomic mass is 16.5. The van der Waals surface area contributed by atoms with E-state index in [0.717, 1.165) is 6.42 Å². The van der Waals surface area contributed by atoms with Crippen LogP contribution in [0.4, 0.5) is 0 Å². The van der Waals surface area contributed by atoms with Gasteiger partial charge in [0.05, 0.1) is 6.61 Å². The van der Waals surface area contributed by atoms with Gasteiger partial charge in [-0.25, -0.2) is 0 Å². The van der Waals surface area contributed by atoms with Gasteiger partial charge in [-0.2, -0.15) is 0 Å². The topological polar surface area (TPSA) is 26.3 Å². The minimum atomic E-state index is -0.170. The second-order valence-electron chi connectivity index (χ2n) is 4.52. The Kier molecular flexibility index (Phi) is 12.1. The van der Waals surface area contributed by atoms with Crippen LogP contribution in [-0.2, 0) is 9.53 Å². The smallest absolute Gasteiger partial charge is 0.302 e. The Hall–Kier alpha value is -0.530. The Morgan fingerprint density at radius 3 is 1.81 bits per heavy atom. The number of hydrogen-bond donors (Lipinski definition) is 0. The van der Waals surface area contributed by atoms with Crippen LogP contribution in [0.5, 0.6) is 0 Å². The molecule has 0 aromatic heterocycles. The van der Waals surface area contributed by atoms with Gasteiger partial charge in [0.1, 0.15) is 0 Å². The summed E-state index contributed by atoms with van der Waals surface area (Å²) in [6.07, 6.45) is 13.6. The molecule has 0 saturated heterocycles. The van der Waals surface area contributed by atoms with Gasteiger partial charge in [-0.05, 0) is 6.42 Å². The number of esters is 1. The van der Waals surface area contributed by atoms with E-state index < -0.39 is 0 Å². The molecular formula is C14H28O2. The van der Waals surface area contributed by atoms with Gasteiger partial charge < -0.3 is 4.74 Å². The lowest BCUT2D eigenvalue weighted by molar-refractivity contribution is -0.141. The summed E-state index contributed by atoms with van der Waals surface area (Å²) in [5.41, 5.74) is 0. The summed E-state index contributed by atoms with van der Waals surface area (Å²) in [5.74, 6) is -0.170. The van der Waals surface area contributed by atoms with Crippen LogP contribution in [0.3, 0.4) is 0 Å². The van der Waals surface area contributed by atoms with E-state index in [1.165, 1.54) is 64.7 Å². The molecule has 1 aliphatic rings. The third-order valence-corrected chi connectivity index (χ3v) is 2.80. The van der Waals surface area contributed by atoms with Gasteiger partial charge in [0.25, 0.3) is 0 Å². The van der Waals surface area contributed by atoms with Crippen LogP contribution in [0.1, 0.15) is 78.1 Å². The predicted molar refractivity (Wildman–Crippen MR) is 68.5 cm³/mol. The van der Waals surface area contributed by atoms with Crippen LogP contribution in [0.15, 0.2) is 0 Å². The number of carbonyl (C=O) groups excluding carboxylic acids is 1. The monoisotopic (exact) mass is 228 g/mol. The van der Waals surface area contributed by atoms with Crippen molar-refractivity contribution in [1.82, 2.24) is 0 Å². The number of rotatable bonds is 5. The number of ether oxygens (including phenoxy) is 1. The Balaban J connectivity index is 0.000000315. The van der Waals surface area contributed by atoms with E-state index in [-0.39, 0.29) is 5.97 Å². The molecule has 2 heteroatoms. The van der Waals surface area contributed by atoms with E-state index in [0.29, 0.717) is 6.61 Å². The van der Waals surface area contributed by atoms with Crippen molar-refractivity contribution in [1.29, 1.82) is 0 Å². The van der Waals surface area contributed by atoms with Crippen LogP contribution >= 0.6 is 0 Å². The van der Waals surface area contributed by atoms with Crippen molar-refractivity contribution < 1.29 is 9.53 Å². The minimum Gasteiger partial charge on any atom is -0.466 e. The van der Waals surface area contributed by atoms with E-state index in [1.807, 2.05) is 0 Å². The molecule has 0 N–H and O–H groups in total. The molecule has 1 rings (SSSR count). The third kappa shape index (κ3) is 13.5. The van der Waals surface area contributed by atoms with E-state index >= 15 is 0 Å². The summed E-state index contributed by atoms with van der Waals surface area (Å²) < 4.78 is 4.75. The van der Waals surface area contributed by atoms with Crippen molar-refractivity contribution in [2.75, 3.05) is 6.61 Å². The quantitative estimate of drug-likeness (QED) is 0.512. The second-order valence-corrected chi connectivity index (χ2v) is 4.52. The van der Waals surface area contributed by atoms with Crippen LogP contribution in [0, 0.1) is 0 Å². The van der Waals surface area contributed by atoms with E-state index in [9.17, 15) is 4.79 Å². The van der Waals surface area contributed by atoms with Crippen molar-refractivity contribution in [2.45, 2.75) is 78.1 Å². The molecule has 1 fully saturated rings. The maximum absolute atomic E-state index is 10.3. The van der Waals surface area contributed by atoms with Gasteiger partial charge in [-0.1, -0.05) is 64.7 Å². The Morgan fingerprint density at radius 2 is 1.44 bits per heavy atom. The predicted octanol–water partition coefficient (Wildman–Crippen LogP) is 4.47. The molecule has 0 heterocycles. The minimum absolute atomic E-state index is 0.170. The molecule has 0 aromatic carbocycles. The highest BCUT2D eigenvalue weighted by molar-refractivity contribution is 5.65. The average Bonchev–Trinajstić information content (AvgIpc) is 2.31. The molecule has 2 nitrogen and oxygen atoms in total. The Labute approximate surface area is 101 Å². The molecular weight excluding hydrogens is 200 g/mol. The molecule has 16 heavy (non-hydrogen) atoms. The fourth-order valence-corrected chi connectivity index (χ4v) is 1.81. The molecule has 0 aromatic rings. The lowest BCUT2D eigenvalue weighted by Crippen LogP contribution is -1.99. The highest BCUT2D eigenvalue weighted by Crippen LogP contribution is 2.15. The van der Waals surface area contributed by atoms with Crippen molar-refractivity contribution >= 4 is 5.97 Å². The standard InChI is InChI=1S/C8H16O2.C6H12/c1-3-4-5-6-7-10-8(2)9;1-2-4-6-5-3-1/h3-7H2,1-2H3;1-6H2. The fourth-order valence-electron chi connectivity index (χ4n) is 1.81. The lowest BCUT2D eigenvalue weighted by Gasteiger charge is -2.05. The fraction of sp³-hybridized carbons (Fsp3) is 0.929. The normalized spacial score (nSPS) is 14.9. The SMILES string of the molecule is C1CCCCC1.CCCCCCOC(C)=O. The second kappa shape index (κ2) is 12.5. The van der Waals surface area contributed by atoms with Crippen molar-refractivity contribution in [3.05, 3.63) is 0 Å². The molecule has 1 aliphatic carbocycles. The summed E-state index contributed by atoms with van der Waals surface area (Å²) >= 11 is 0. The van der Waals surface area contributed by atoms with Crippen LogP contribution < -0.4 is 0 Å². The number of carbonyl (C=O) groups is 1. The van der Waals surface area contributed by atoms with Crippen LogP contribution in [0.25, 0.3) is 0 Å². The Bertz CT molecular complexity index is 139. The molecule has 0 unspecified atom stereocenters. The molecule has 1 saturated carbocycles. The highest BCUT2D eigenvalue weighted by Gasteiger charge is 1.95. The van der Waals surface area contributed by atoms with Gasteiger partial charge in [0, 0.05) is 6.92 Å². The summed E-state index contributed by atoms with van der Waals surface area (Å²) in [7, 11) is 0. The first-order valence-electron chi connectivity index (χ1n) is 6.90. The van der Waals surface area contributed by atoms with Gasteiger partial charge in [-0.15, -0.1) is 0 Å². The lowest BCUT2D eigenvalue weighted by atomic mass is 10.0. The molecule has 0 atom stereocenters. The summed E-state index contributed by atoms with van der Waals surface area (Å²) in [4.78, 5) is 10.3. The molecule has 0 spiro atoms. The zero-order chi connectivity index (χ0) is 12.1. The zero-order valence-corrected chi connectivity index (χ0v) is 11.1. The van der Waals surface area contributed by atoms with Crippen LogP contribution in [0.2, 0.25) is 0 Å². The first-order valence-corrected chi connectivity index (χ1v) is 6.90. The largest absolute Gasteiger partial charge is 0.466 e. The van der Waals surface area contributed by atoms with Crippen molar-refractivity contribution in [2.24, 2.45) is 0 Å². The molecule has 0 bridgehead atoms. The summed E-state index contributed by atoms with van der Waals surface area (Å²) in [6, 6.07) is 0. The van der Waals surface area contributed by atoms with Crippen molar-refractivity contribution in [3.63, 3.8) is 0 Å². The summed E-state index contributed by atoms with van der Waals surface area (Å²) in [5, 5.41) is 0. The molecule has 96 valence electrons. The average molecular weight is 228 g/mol. The van der Waals surface area contributed by atoms with Crippen LogP contribution in [-0.4, -0.2) is 12.6 Å². The molecule has 0 amide bonds. The van der Waals surface area contributed by atoms with Crippen molar-refractivity contribution in [3.8, 4) is 0 Å². The zero-order valence-electron chi connectivity index (χ0n) is 11.1. The van der Waals surface area contributed by atoms with Gasteiger partial charge in [-0.3, -0.25) is 4.79 Å². The van der Waals surface area contributed by atoms with E-state index in [4.69, 9.17) is 4.74 Å². The maximum Gasteiger partial charge on any atom is 0.302 e. The van der Waals surface area contributed by atoms with Gasteiger partial charge in [0.2, 0.25) is 0 Å². The number of unbranched alkanes of at least 4 members (excludes halogenated alkanes) is 3. The maximum atomic E-state index is 10.3. The van der Waals surface area contributed by atoms with Gasteiger partial charge >= 0.3 is 5.97 Å². The first kappa shape index (κ1) is 15.5. The number of hydrogen-bond acceptors (Lipinski definition) is 2. The Morgan fingerprint density at radius 1 is 0.938 bits per heavy atom. The van der Waals surface area contributed by atoms with E-state index in [1.54, 1.807) is 0 Å². The van der Waals surface area contributed by atoms with E-state index in [2.05, 4.69) is 6.92 Å². The van der Waals surface area contributed by atoms with Gasteiger partial charge in [0.15, 0.2) is 0 Å². The molecule has 0 radical (unpaired) electrons. The third-order valence-electron chi connectivity index (χ3n) is 2.80. The first-order chi connectivity index (χ1) is 7.77. The summed E-state index contributed by atoms with van der Waals surface area (Å²) in [6.45, 7) is 4.20.